The Balaban J connectivity index is 1.75. The third-order valence-corrected chi connectivity index (χ3v) is 10.8. The molecule has 0 bridgehead atoms. The molecule has 1 saturated heterocycles. The van der Waals surface area contributed by atoms with E-state index in [4.69, 9.17) is 18.9 Å². The molecule has 1 aliphatic heterocycles. The lowest BCUT2D eigenvalue weighted by atomic mass is 9.89. The molecule has 57 heavy (non-hydrogen) atoms. The molecule has 8 atom stereocenters. The van der Waals surface area contributed by atoms with Crippen molar-refractivity contribution in [2.24, 2.45) is 17.8 Å². The number of ether oxygens (including phenoxy) is 4. The van der Waals surface area contributed by atoms with Crippen LogP contribution in [-0.4, -0.2) is 116 Å². The number of nitro groups is 1. The largest absolute Gasteiger partial charge is 0.467 e. The molecule has 0 saturated carbocycles. The number of rotatable bonds is 20. The first-order valence-corrected chi connectivity index (χ1v) is 19.3. The lowest BCUT2D eigenvalue weighted by Gasteiger charge is -2.40. The van der Waals surface area contributed by atoms with Crippen molar-refractivity contribution in [1.29, 1.82) is 0 Å². The van der Waals surface area contributed by atoms with Crippen LogP contribution in [0.15, 0.2) is 54.6 Å². The Morgan fingerprint density at radius 3 is 2.14 bits per heavy atom. The maximum Gasteiger partial charge on any atom is 0.413 e. The van der Waals surface area contributed by atoms with Crippen LogP contribution in [0.2, 0.25) is 0 Å². The van der Waals surface area contributed by atoms with Crippen LogP contribution in [-0.2, 0) is 39.8 Å². The molecule has 1 fully saturated rings. The number of likely N-dealkylation sites (tertiary alicyclic amines) is 1. The van der Waals surface area contributed by atoms with Gasteiger partial charge in [-0.15, -0.1) is 0 Å². The zero-order valence-electron chi connectivity index (χ0n) is 34.5. The fourth-order valence-corrected chi connectivity index (χ4v) is 7.43. The summed E-state index contributed by atoms with van der Waals surface area (Å²) in [4.78, 5) is 81.2. The van der Waals surface area contributed by atoms with Crippen LogP contribution < -0.4 is 15.4 Å². The van der Waals surface area contributed by atoms with Gasteiger partial charge in [0.15, 0.2) is 0 Å². The van der Waals surface area contributed by atoms with Gasteiger partial charge in [0, 0.05) is 46.4 Å². The second-order valence-electron chi connectivity index (χ2n) is 14.9. The number of methoxy groups -OCH3 is 3. The first kappa shape index (κ1) is 46.3. The molecule has 4 amide bonds. The summed E-state index contributed by atoms with van der Waals surface area (Å²) in [5.41, 5.74) is 0.688. The van der Waals surface area contributed by atoms with Crippen molar-refractivity contribution in [3.05, 3.63) is 70.3 Å². The molecular weight excluding hydrogens is 738 g/mol. The van der Waals surface area contributed by atoms with Gasteiger partial charge in [-0.05, 0) is 42.4 Å². The summed E-state index contributed by atoms with van der Waals surface area (Å²) < 4.78 is 22.2. The molecule has 1 unspecified atom stereocenters. The number of non-ortho nitro benzene ring substituents is 1. The summed E-state index contributed by atoms with van der Waals surface area (Å²) in [6.07, 6.45) is -0.227. The van der Waals surface area contributed by atoms with E-state index in [9.17, 15) is 34.1 Å². The molecule has 2 aromatic rings. The standard InChI is InChI=1S/C41H59N5O11/c1-10-26(4)36(44(6)39(49)35(25(2)3)43-41(51)57-30-20-18-29(19-21-30)46(52)53)33(54-7)24-34(47)45-22-14-17-32(45)37(55-8)27(5)38(48)42-31(40(50)56-9)23-28-15-12-11-13-16-28/h11-13,15-16,18-21,25-27,31-33,35-37H,10,14,17,22-24H2,1-9H3,(H,42,48)(H,43,51)/t26-,27+,31?,32-,33+,35-,36-,37+/m0/s1. The Morgan fingerprint density at radius 2 is 1.60 bits per heavy atom. The number of esters is 1. The van der Waals surface area contributed by atoms with Gasteiger partial charge in [-0.25, -0.2) is 9.59 Å². The molecule has 0 spiro atoms. The quantitative estimate of drug-likeness (QED) is 0.109. The van der Waals surface area contributed by atoms with E-state index >= 15 is 0 Å². The van der Waals surface area contributed by atoms with E-state index in [1.807, 2.05) is 44.2 Å². The Hall–Kier alpha value is -5.09. The number of nitro benzene ring substituents is 1. The van der Waals surface area contributed by atoms with E-state index in [1.165, 1.54) is 50.5 Å². The average Bonchev–Trinajstić information content (AvgIpc) is 3.69. The normalized spacial score (nSPS) is 17.6. The minimum absolute atomic E-state index is 0.0660. The predicted molar refractivity (Wildman–Crippen MR) is 211 cm³/mol. The molecule has 16 nitrogen and oxygen atoms in total. The highest BCUT2D eigenvalue weighted by molar-refractivity contribution is 5.87. The number of benzene rings is 2. The molecule has 16 heteroatoms. The van der Waals surface area contributed by atoms with Crippen LogP contribution in [0.5, 0.6) is 5.75 Å². The molecule has 1 heterocycles. The molecule has 2 aromatic carbocycles. The van der Waals surface area contributed by atoms with Crippen LogP contribution in [0.1, 0.15) is 65.9 Å². The molecule has 0 aliphatic carbocycles. The smallest absolute Gasteiger partial charge is 0.413 e. The first-order chi connectivity index (χ1) is 27.1. The highest BCUT2D eigenvalue weighted by Crippen LogP contribution is 2.30. The summed E-state index contributed by atoms with van der Waals surface area (Å²) >= 11 is 0. The summed E-state index contributed by atoms with van der Waals surface area (Å²) in [5.74, 6) is -2.79. The van der Waals surface area contributed by atoms with Crippen molar-refractivity contribution in [3.63, 3.8) is 0 Å². The zero-order valence-corrected chi connectivity index (χ0v) is 34.5. The SMILES string of the molecule is CC[C@H](C)[C@@H]([C@@H](CC(=O)N1CCC[C@H]1[C@H](OC)[C@@H](C)C(=O)NC(Cc1ccccc1)C(=O)OC)OC)N(C)C(=O)[C@@H](NC(=O)Oc1ccc([N+](=O)[O-])cc1)C(C)C. The van der Waals surface area contributed by atoms with Crippen LogP contribution in [0.3, 0.4) is 0 Å². The van der Waals surface area contributed by atoms with Gasteiger partial charge < -0.3 is 39.4 Å². The van der Waals surface area contributed by atoms with Gasteiger partial charge in [0.2, 0.25) is 17.7 Å². The minimum atomic E-state index is -1.01. The molecule has 2 N–H and O–H groups in total. The Morgan fingerprint density at radius 1 is 0.947 bits per heavy atom. The third-order valence-electron chi connectivity index (χ3n) is 10.8. The molecule has 0 radical (unpaired) electrons. The van der Waals surface area contributed by atoms with Crippen LogP contribution in [0, 0.1) is 27.9 Å². The molecule has 1 aliphatic rings. The zero-order chi connectivity index (χ0) is 42.4. The van der Waals surface area contributed by atoms with Crippen LogP contribution in [0.25, 0.3) is 0 Å². The highest BCUT2D eigenvalue weighted by Gasteiger charge is 2.43. The van der Waals surface area contributed by atoms with Gasteiger partial charge in [0.1, 0.15) is 17.8 Å². The van der Waals surface area contributed by atoms with E-state index < -0.39 is 71.1 Å². The number of likely N-dealkylation sites (N-methyl/N-ethyl adjacent to an activating group) is 1. The number of hydrogen-bond acceptors (Lipinski definition) is 11. The average molecular weight is 798 g/mol. The topological polar surface area (TPSA) is 196 Å². The number of hydrogen-bond donors (Lipinski definition) is 2. The second-order valence-corrected chi connectivity index (χ2v) is 14.9. The molecule has 3 rings (SSSR count). The summed E-state index contributed by atoms with van der Waals surface area (Å²) in [6.45, 7) is 9.63. The number of nitrogens with zero attached hydrogens (tertiary/aromatic N) is 3. The highest BCUT2D eigenvalue weighted by atomic mass is 16.6. The van der Waals surface area contributed by atoms with Gasteiger partial charge in [0.05, 0.1) is 48.7 Å². The van der Waals surface area contributed by atoms with Gasteiger partial charge >= 0.3 is 12.1 Å². The lowest BCUT2D eigenvalue weighted by Crippen LogP contribution is -2.58. The first-order valence-electron chi connectivity index (χ1n) is 19.3. The number of amides is 4. The van der Waals surface area contributed by atoms with E-state index in [0.717, 1.165) is 5.56 Å². The predicted octanol–water partition coefficient (Wildman–Crippen LogP) is 4.53. The Bertz CT molecular complexity index is 1660. The Labute approximate surface area is 335 Å². The van der Waals surface area contributed by atoms with Crippen molar-refractivity contribution >= 4 is 35.5 Å². The summed E-state index contributed by atoms with van der Waals surface area (Å²) in [6, 6.07) is 11.3. The minimum Gasteiger partial charge on any atom is -0.467 e. The molecule has 0 aromatic heterocycles. The maximum atomic E-state index is 14.2. The van der Waals surface area contributed by atoms with E-state index in [2.05, 4.69) is 10.6 Å². The Kier molecular flexibility index (Phi) is 17.9. The van der Waals surface area contributed by atoms with Crippen molar-refractivity contribution in [3.8, 4) is 5.75 Å². The number of carbonyl (C=O) groups is 5. The second kappa shape index (κ2) is 22.0. The van der Waals surface area contributed by atoms with Gasteiger partial charge in [-0.3, -0.25) is 24.5 Å². The summed E-state index contributed by atoms with van der Waals surface area (Å²) in [5, 5.41) is 16.5. The molecular formula is C41H59N5O11. The van der Waals surface area contributed by atoms with E-state index in [-0.39, 0.29) is 42.0 Å². The van der Waals surface area contributed by atoms with Crippen LogP contribution in [0.4, 0.5) is 10.5 Å². The number of carbonyl (C=O) groups excluding carboxylic acids is 5. The monoisotopic (exact) mass is 797 g/mol. The van der Waals surface area contributed by atoms with E-state index in [0.29, 0.717) is 25.8 Å². The van der Waals surface area contributed by atoms with Crippen LogP contribution >= 0.6 is 0 Å². The van der Waals surface area contributed by atoms with Crippen molar-refractivity contribution < 1.29 is 47.8 Å². The number of nitrogens with one attached hydrogen (secondary N) is 2. The van der Waals surface area contributed by atoms with Crippen molar-refractivity contribution in [2.75, 3.05) is 34.9 Å². The summed E-state index contributed by atoms with van der Waals surface area (Å²) in [7, 11) is 5.87. The fraction of sp³-hybridized carbons (Fsp3) is 0.585. The lowest BCUT2D eigenvalue weighted by molar-refractivity contribution is -0.384. The van der Waals surface area contributed by atoms with E-state index in [1.54, 1.807) is 32.7 Å². The van der Waals surface area contributed by atoms with Crippen molar-refractivity contribution in [2.45, 2.75) is 103 Å². The third kappa shape index (κ3) is 12.4. The van der Waals surface area contributed by atoms with Crippen molar-refractivity contribution in [1.82, 2.24) is 20.4 Å². The fourth-order valence-electron chi connectivity index (χ4n) is 7.43. The molecule has 314 valence electrons. The maximum absolute atomic E-state index is 14.2. The van der Waals surface area contributed by atoms with Gasteiger partial charge in [-0.2, -0.15) is 0 Å². The van der Waals surface area contributed by atoms with Gasteiger partial charge in [-0.1, -0.05) is 71.4 Å². The van der Waals surface area contributed by atoms with Gasteiger partial charge in [0.25, 0.3) is 5.69 Å².